The fourth-order valence-corrected chi connectivity index (χ4v) is 3.82. The Hall–Kier alpha value is -4.08. The summed E-state index contributed by atoms with van der Waals surface area (Å²) >= 11 is 0. The number of aliphatic hydroxyl groups is 1. The molecule has 10 heteroatoms. The number of benzene rings is 1. The molecule has 1 fully saturated rings. The molecular formula is C25H21F3N4O3. The van der Waals surface area contributed by atoms with Crippen LogP contribution in [0.2, 0.25) is 0 Å². The van der Waals surface area contributed by atoms with E-state index in [1.807, 2.05) is 13.8 Å². The van der Waals surface area contributed by atoms with Crippen molar-refractivity contribution in [3.63, 3.8) is 0 Å². The first-order chi connectivity index (χ1) is 16.5. The van der Waals surface area contributed by atoms with Crippen LogP contribution < -0.4 is 4.90 Å². The van der Waals surface area contributed by atoms with Crippen molar-refractivity contribution in [1.82, 2.24) is 15.2 Å². The van der Waals surface area contributed by atoms with Gasteiger partial charge in [-0.25, -0.2) is 0 Å². The van der Waals surface area contributed by atoms with Gasteiger partial charge in [0, 0.05) is 11.8 Å². The van der Waals surface area contributed by atoms with Crippen molar-refractivity contribution in [1.29, 1.82) is 0 Å². The molecule has 7 nitrogen and oxygen atoms in total. The minimum absolute atomic E-state index is 0.0109. The van der Waals surface area contributed by atoms with Crippen molar-refractivity contribution in [2.45, 2.75) is 38.9 Å². The number of rotatable bonds is 4. The maximum Gasteiger partial charge on any atom is 0.433 e. The van der Waals surface area contributed by atoms with E-state index in [4.69, 9.17) is 0 Å². The first kappa shape index (κ1) is 24.1. The second-order valence-electron chi connectivity index (χ2n) is 8.45. The van der Waals surface area contributed by atoms with E-state index in [1.165, 1.54) is 6.07 Å². The van der Waals surface area contributed by atoms with Crippen LogP contribution in [-0.4, -0.2) is 32.0 Å². The van der Waals surface area contributed by atoms with Gasteiger partial charge in [-0.1, -0.05) is 44.2 Å². The van der Waals surface area contributed by atoms with Crippen LogP contribution in [0, 0.1) is 6.92 Å². The fraction of sp³-hybridized carbons (Fsp3) is 0.240. The number of Topliss-reactive ketones (excluding diaryl/α,β-unsaturated/α-hetero) is 1. The van der Waals surface area contributed by atoms with Crippen molar-refractivity contribution < 1.29 is 27.9 Å². The summed E-state index contributed by atoms with van der Waals surface area (Å²) in [6.45, 7) is 5.68. The first-order valence-electron chi connectivity index (χ1n) is 10.7. The molecule has 0 bridgehead atoms. The molecule has 4 rings (SSSR count). The SMILES string of the molecule is Cc1ccc(N2C(=O)C(=O)/C(=C(\O)c3ccc(C(C)C)cc3)C2c2ccc(C(F)(F)F)nc2)nn1. The highest BCUT2D eigenvalue weighted by Crippen LogP contribution is 2.42. The van der Waals surface area contributed by atoms with Crippen molar-refractivity contribution in [3.05, 3.63) is 88.4 Å². The van der Waals surface area contributed by atoms with Gasteiger partial charge in [0.15, 0.2) is 5.82 Å². The number of halogens is 3. The molecule has 1 aliphatic rings. The van der Waals surface area contributed by atoms with Gasteiger partial charge in [0.05, 0.1) is 17.3 Å². The van der Waals surface area contributed by atoms with Gasteiger partial charge in [-0.2, -0.15) is 18.3 Å². The number of ketones is 1. The van der Waals surface area contributed by atoms with E-state index in [1.54, 1.807) is 37.3 Å². The predicted molar refractivity (Wildman–Crippen MR) is 121 cm³/mol. The van der Waals surface area contributed by atoms with Crippen molar-refractivity contribution in [2.75, 3.05) is 4.90 Å². The van der Waals surface area contributed by atoms with Crippen molar-refractivity contribution in [2.24, 2.45) is 0 Å². The van der Waals surface area contributed by atoms with Gasteiger partial charge >= 0.3 is 12.1 Å². The standard InChI is InChI=1S/C25H21F3N4O3/c1-13(2)15-5-7-16(8-6-15)22(33)20-21(17-9-10-18(29-12-17)25(26,27)28)32(24(35)23(20)34)19-11-4-14(3)30-31-19/h4-13,21,33H,1-3H3/b22-20-. The monoisotopic (exact) mass is 482 g/mol. The van der Waals surface area contributed by atoms with E-state index in [2.05, 4.69) is 15.2 Å². The maximum absolute atomic E-state index is 13.1. The topological polar surface area (TPSA) is 96.3 Å². The average Bonchev–Trinajstić information content (AvgIpc) is 3.09. The molecule has 1 amide bonds. The Balaban J connectivity index is 1.89. The number of alkyl halides is 3. The fourth-order valence-electron chi connectivity index (χ4n) is 3.82. The predicted octanol–water partition coefficient (Wildman–Crippen LogP) is 4.95. The lowest BCUT2D eigenvalue weighted by Crippen LogP contribution is -2.30. The molecule has 0 saturated carbocycles. The summed E-state index contributed by atoms with van der Waals surface area (Å²) in [6.07, 6.45) is -3.73. The number of aryl methyl sites for hydroxylation is 1. The van der Waals surface area contributed by atoms with Crippen LogP contribution in [0.4, 0.5) is 19.0 Å². The zero-order chi connectivity index (χ0) is 25.5. The number of carbonyl (C=O) groups excluding carboxylic acids is 2. The van der Waals surface area contributed by atoms with Crippen LogP contribution in [0.5, 0.6) is 0 Å². The highest BCUT2D eigenvalue weighted by molar-refractivity contribution is 6.51. The molecule has 35 heavy (non-hydrogen) atoms. The smallest absolute Gasteiger partial charge is 0.433 e. The molecule has 180 valence electrons. The minimum Gasteiger partial charge on any atom is -0.507 e. The van der Waals surface area contributed by atoms with Gasteiger partial charge in [0.1, 0.15) is 11.5 Å². The van der Waals surface area contributed by atoms with E-state index in [0.29, 0.717) is 5.69 Å². The Labute approximate surface area is 199 Å². The lowest BCUT2D eigenvalue weighted by atomic mass is 9.95. The number of aromatic nitrogens is 3. The molecule has 1 aliphatic heterocycles. The lowest BCUT2D eigenvalue weighted by Gasteiger charge is -2.24. The number of carbonyl (C=O) groups is 2. The molecule has 3 heterocycles. The Morgan fingerprint density at radius 2 is 1.69 bits per heavy atom. The molecule has 1 atom stereocenters. The van der Waals surface area contributed by atoms with E-state index in [9.17, 15) is 27.9 Å². The van der Waals surface area contributed by atoms with Gasteiger partial charge < -0.3 is 5.11 Å². The Morgan fingerprint density at radius 3 is 2.20 bits per heavy atom. The summed E-state index contributed by atoms with van der Waals surface area (Å²) in [6, 6.07) is 10.5. The third-order valence-corrected chi connectivity index (χ3v) is 5.72. The molecule has 0 radical (unpaired) electrons. The zero-order valence-corrected chi connectivity index (χ0v) is 19.0. The highest BCUT2D eigenvalue weighted by atomic mass is 19.4. The molecular weight excluding hydrogens is 461 g/mol. The van der Waals surface area contributed by atoms with Gasteiger partial charge in [-0.3, -0.25) is 19.5 Å². The summed E-state index contributed by atoms with van der Waals surface area (Å²) in [5.74, 6) is -2.20. The molecule has 1 unspecified atom stereocenters. The number of amides is 1. The minimum atomic E-state index is -4.67. The summed E-state index contributed by atoms with van der Waals surface area (Å²) in [5, 5.41) is 19.0. The summed E-state index contributed by atoms with van der Waals surface area (Å²) < 4.78 is 39.2. The van der Waals surface area contributed by atoms with Gasteiger partial charge in [-0.15, -0.1) is 5.10 Å². The number of anilines is 1. The van der Waals surface area contributed by atoms with Crippen LogP contribution in [-0.2, 0) is 15.8 Å². The zero-order valence-electron chi connectivity index (χ0n) is 19.0. The number of pyridine rings is 1. The van der Waals surface area contributed by atoms with Crippen LogP contribution in [0.3, 0.4) is 0 Å². The van der Waals surface area contributed by atoms with Crippen LogP contribution in [0.15, 0.2) is 60.3 Å². The first-order valence-corrected chi connectivity index (χ1v) is 10.7. The molecule has 1 saturated heterocycles. The largest absolute Gasteiger partial charge is 0.507 e. The van der Waals surface area contributed by atoms with Crippen molar-refractivity contribution >= 4 is 23.3 Å². The third kappa shape index (κ3) is 4.51. The number of hydrogen-bond donors (Lipinski definition) is 1. The molecule has 3 aromatic rings. The van der Waals surface area contributed by atoms with Gasteiger partial charge in [-0.05, 0) is 42.2 Å². The van der Waals surface area contributed by atoms with E-state index >= 15 is 0 Å². The Bertz CT molecular complexity index is 1300. The van der Waals surface area contributed by atoms with Crippen LogP contribution >= 0.6 is 0 Å². The molecule has 2 aromatic heterocycles. The second-order valence-corrected chi connectivity index (χ2v) is 8.45. The second kappa shape index (κ2) is 8.94. The quantitative estimate of drug-likeness (QED) is 0.321. The van der Waals surface area contributed by atoms with Crippen molar-refractivity contribution in [3.8, 4) is 0 Å². The Kier molecular flexibility index (Phi) is 6.14. The summed E-state index contributed by atoms with van der Waals surface area (Å²) in [4.78, 5) is 30.6. The van der Waals surface area contributed by atoms with E-state index < -0.39 is 35.4 Å². The van der Waals surface area contributed by atoms with Gasteiger partial charge in [0.25, 0.3) is 5.78 Å². The number of aliphatic hydroxyl groups excluding tert-OH is 1. The number of hydrogen-bond acceptors (Lipinski definition) is 6. The lowest BCUT2D eigenvalue weighted by molar-refractivity contribution is -0.141. The van der Waals surface area contributed by atoms with Gasteiger partial charge in [0.2, 0.25) is 0 Å². The van der Waals surface area contributed by atoms with E-state index in [0.717, 1.165) is 28.8 Å². The molecule has 1 aromatic carbocycles. The summed E-state index contributed by atoms with van der Waals surface area (Å²) in [5.41, 5.74) is 0.532. The molecule has 0 spiro atoms. The van der Waals surface area contributed by atoms with E-state index in [-0.39, 0.29) is 28.4 Å². The van der Waals surface area contributed by atoms with Crippen LogP contribution in [0.25, 0.3) is 5.76 Å². The molecule has 0 aliphatic carbocycles. The molecule has 1 N–H and O–H groups in total. The highest BCUT2D eigenvalue weighted by Gasteiger charge is 2.48. The normalized spacial score (nSPS) is 17.9. The third-order valence-electron chi connectivity index (χ3n) is 5.72. The number of nitrogens with zero attached hydrogens (tertiary/aromatic N) is 4. The summed E-state index contributed by atoms with van der Waals surface area (Å²) in [7, 11) is 0. The Morgan fingerprint density at radius 1 is 1.00 bits per heavy atom. The average molecular weight is 482 g/mol. The van der Waals surface area contributed by atoms with Crippen LogP contribution in [0.1, 0.15) is 53.9 Å². The maximum atomic E-state index is 13.1.